The van der Waals surface area contributed by atoms with Gasteiger partial charge in [0.1, 0.15) is 0 Å². The molecule has 1 saturated heterocycles. The molecule has 2 aliphatic carbocycles. The molecule has 0 bridgehead atoms. The second-order valence-corrected chi connectivity index (χ2v) is 8.92. The van der Waals surface area contributed by atoms with Crippen molar-refractivity contribution < 1.29 is 14.6 Å². The summed E-state index contributed by atoms with van der Waals surface area (Å²) in [5.74, 6) is 0.580. The fraction of sp³-hybridized carbons (Fsp3) is 0.850. The van der Waals surface area contributed by atoms with Crippen molar-refractivity contribution in [1.82, 2.24) is 0 Å². The van der Waals surface area contributed by atoms with Crippen LogP contribution >= 0.6 is 0 Å². The maximum Gasteiger partial charge on any atom is 0.328 e. The minimum atomic E-state index is -0.822. The van der Waals surface area contributed by atoms with Gasteiger partial charge in [0.2, 0.25) is 0 Å². The maximum absolute atomic E-state index is 10.9. The Kier molecular flexibility index (Phi) is 4.15. The Labute approximate surface area is 140 Å². The molecule has 23 heavy (non-hydrogen) atoms. The van der Waals surface area contributed by atoms with Gasteiger partial charge in [-0.3, -0.25) is 0 Å². The van der Waals surface area contributed by atoms with Crippen LogP contribution in [0.3, 0.4) is 0 Å². The summed E-state index contributed by atoms with van der Waals surface area (Å²) in [4.78, 5) is 10.9. The lowest BCUT2D eigenvalue weighted by Crippen LogP contribution is -2.56. The van der Waals surface area contributed by atoms with E-state index < -0.39 is 5.97 Å². The first-order valence-corrected chi connectivity index (χ1v) is 9.28. The van der Waals surface area contributed by atoms with E-state index >= 15 is 0 Å². The number of fused-ring (bicyclic) bond motifs is 2. The number of rotatable bonds is 4. The molecule has 1 aliphatic heterocycles. The van der Waals surface area contributed by atoms with Crippen molar-refractivity contribution in [2.24, 2.45) is 22.7 Å². The fourth-order valence-corrected chi connectivity index (χ4v) is 5.89. The molecule has 0 amide bonds. The summed E-state index contributed by atoms with van der Waals surface area (Å²) in [6, 6.07) is 0. The predicted octanol–water partition coefficient (Wildman–Crippen LogP) is 4.81. The fourth-order valence-electron chi connectivity index (χ4n) is 5.89. The van der Waals surface area contributed by atoms with Gasteiger partial charge in [0.15, 0.2) is 0 Å². The minimum Gasteiger partial charge on any atom is -0.478 e. The number of carbonyl (C=O) groups is 1. The van der Waals surface area contributed by atoms with E-state index in [0.29, 0.717) is 22.7 Å². The van der Waals surface area contributed by atoms with Crippen molar-refractivity contribution in [2.45, 2.75) is 78.2 Å². The van der Waals surface area contributed by atoms with E-state index in [1.807, 2.05) is 6.92 Å². The molecule has 1 spiro atoms. The summed E-state index contributed by atoms with van der Waals surface area (Å²) in [6.07, 6.45) is 9.77. The number of ether oxygens (including phenoxy) is 1. The predicted molar refractivity (Wildman–Crippen MR) is 91.3 cm³/mol. The maximum atomic E-state index is 10.9. The highest BCUT2D eigenvalue weighted by Gasteiger charge is 2.67. The zero-order valence-electron chi connectivity index (χ0n) is 15.2. The van der Waals surface area contributed by atoms with Gasteiger partial charge in [-0.05, 0) is 62.7 Å². The molecular weight excluding hydrogens is 288 g/mol. The quantitative estimate of drug-likeness (QED) is 0.597. The average molecular weight is 320 g/mol. The molecule has 0 unspecified atom stereocenters. The number of hydrogen-bond acceptors (Lipinski definition) is 2. The van der Waals surface area contributed by atoms with Crippen molar-refractivity contribution in [2.75, 3.05) is 6.61 Å². The topological polar surface area (TPSA) is 49.8 Å². The van der Waals surface area contributed by atoms with Crippen LogP contribution in [0, 0.1) is 22.7 Å². The lowest BCUT2D eigenvalue weighted by Gasteiger charge is -2.60. The smallest absolute Gasteiger partial charge is 0.328 e. The van der Waals surface area contributed by atoms with Crippen LogP contribution < -0.4 is 0 Å². The highest BCUT2D eigenvalue weighted by Crippen LogP contribution is 2.68. The van der Waals surface area contributed by atoms with Crippen molar-refractivity contribution in [3.8, 4) is 0 Å². The third kappa shape index (κ3) is 2.65. The number of carboxylic acid groups (broad SMARTS) is 1. The number of allylic oxidation sites excluding steroid dienone is 1. The Balaban J connectivity index is 1.82. The van der Waals surface area contributed by atoms with E-state index in [4.69, 9.17) is 9.84 Å². The SMILES string of the molecule is C/C(=C/C(=O)O)CC[C@@]1(C)[C@H](C)CC[C@]2(C)[C@@H]1CCC[C@]21CO1. The van der Waals surface area contributed by atoms with Gasteiger partial charge in [-0.15, -0.1) is 0 Å². The molecule has 0 aromatic heterocycles. The summed E-state index contributed by atoms with van der Waals surface area (Å²) < 4.78 is 6.03. The molecule has 5 atom stereocenters. The Morgan fingerprint density at radius 3 is 2.61 bits per heavy atom. The Bertz CT molecular complexity index is 519. The third-order valence-corrected chi connectivity index (χ3v) is 7.82. The van der Waals surface area contributed by atoms with E-state index in [1.54, 1.807) is 0 Å². The van der Waals surface area contributed by atoms with Crippen LogP contribution in [0.4, 0.5) is 0 Å². The molecule has 3 fully saturated rings. The first-order chi connectivity index (χ1) is 10.7. The second-order valence-electron chi connectivity index (χ2n) is 8.92. The van der Waals surface area contributed by atoms with Crippen LogP contribution in [0.15, 0.2) is 11.6 Å². The molecule has 0 radical (unpaired) electrons. The first kappa shape index (κ1) is 17.0. The normalized spacial score (nSPS) is 46.5. The second kappa shape index (κ2) is 5.61. The molecule has 0 aromatic rings. The number of epoxide rings is 1. The van der Waals surface area contributed by atoms with Crippen LogP contribution in [0.2, 0.25) is 0 Å². The lowest BCUT2D eigenvalue weighted by atomic mass is 9.44. The summed E-state index contributed by atoms with van der Waals surface area (Å²) in [5, 5.41) is 8.95. The molecule has 1 heterocycles. The molecule has 3 rings (SSSR count). The molecule has 1 N–H and O–H groups in total. The molecule has 0 aromatic carbocycles. The molecule has 3 heteroatoms. The zero-order valence-corrected chi connectivity index (χ0v) is 15.2. The Hall–Kier alpha value is -0.830. The van der Waals surface area contributed by atoms with Gasteiger partial charge in [0, 0.05) is 11.5 Å². The summed E-state index contributed by atoms with van der Waals surface area (Å²) in [6.45, 7) is 10.3. The van der Waals surface area contributed by atoms with E-state index in [0.717, 1.165) is 25.0 Å². The van der Waals surface area contributed by atoms with Gasteiger partial charge >= 0.3 is 5.97 Å². The van der Waals surface area contributed by atoms with Gasteiger partial charge in [-0.25, -0.2) is 4.79 Å². The van der Waals surface area contributed by atoms with Crippen LogP contribution in [-0.4, -0.2) is 23.3 Å². The minimum absolute atomic E-state index is 0.170. The summed E-state index contributed by atoms with van der Waals surface area (Å²) in [5.41, 5.74) is 1.77. The third-order valence-electron chi connectivity index (χ3n) is 7.82. The van der Waals surface area contributed by atoms with E-state index in [9.17, 15) is 4.79 Å². The molecule has 3 nitrogen and oxygen atoms in total. The highest BCUT2D eigenvalue weighted by atomic mass is 16.6. The van der Waals surface area contributed by atoms with Crippen LogP contribution in [0.5, 0.6) is 0 Å². The van der Waals surface area contributed by atoms with Gasteiger partial charge in [0.25, 0.3) is 0 Å². The van der Waals surface area contributed by atoms with Crippen LogP contribution in [0.1, 0.15) is 72.6 Å². The molecule has 2 saturated carbocycles. The van der Waals surface area contributed by atoms with Crippen LogP contribution in [0.25, 0.3) is 0 Å². The largest absolute Gasteiger partial charge is 0.478 e. The number of hydrogen-bond donors (Lipinski definition) is 1. The Morgan fingerprint density at radius 1 is 1.30 bits per heavy atom. The number of aliphatic carboxylic acids is 1. The van der Waals surface area contributed by atoms with Crippen molar-refractivity contribution in [1.29, 1.82) is 0 Å². The van der Waals surface area contributed by atoms with E-state index in [2.05, 4.69) is 20.8 Å². The first-order valence-electron chi connectivity index (χ1n) is 9.28. The summed E-state index contributed by atoms with van der Waals surface area (Å²) >= 11 is 0. The lowest BCUT2D eigenvalue weighted by molar-refractivity contribution is -0.131. The van der Waals surface area contributed by atoms with Gasteiger partial charge in [-0.1, -0.05) is 32.8 Å². The van der Waals surface area contributed by atoms with Gasteiger partial charge in [-0.2, -0.15) is 0 Å². The van der Waals surface area contributed by atoms with Crippen molar-refractivity contribution in [3.63, 3.8) is 0 Å². The number of carboxylic acids is 1. The highest BCUT2D eigenvalue weighted by molar-refractivity contribution is 5.80. The molecule has 130 valence electrons. The zero-order chi connectivity index (χ0) is 16.9. The van der Waals surface area contributed by atoms with E-state index in [1.165, 1.54) is 38.2 Å². The average Bonchev–Trinajstić information content (AvgIpc) is 3.25. The van der Waals surface area contributed by atoms with Gasteiger partial charge in [0.05, 0.1) is 12.2 Å². The Morgan fingerprint density at radius 2 is 2.00 bits per heavy atom. The molecular formula is C20H32O3. The van der Waals surface area contributed by atoms with Crippen molar-refractivity contribution in [3.05, 3.63) is 11.6 Å². The van der Waals surface area contributed by atoms with Gasteiger partial charge < -0.3 is 9.84 Å². The molecule has 3 aliphatic rings. The summed E-state index contributed by atoms with van der Waals surface area (Å²) in [7, 11) is 0. The standard InChI is InChI=1S/C20H32O3/c1-14(12-17(21)22)7-10-18(3)15(2)8-11-19(4)16(18)6-5-9-20(19)13-23-20/h12,15-16H,5-11,13H2,1-4H3,(H,21,22)/b14-12-/t15-,16-,18+,19-,20+/m1/s1. The van der Waals surface area contributed by atoms with Crippen LogP contribution in [-0.2, 0) is 9.53 Å². The van der Waals surface area contributed by atoms with E-state index in [-0.39, 0.29) is 5.60 Å². The van der Waals surface area contributed by atoms with Crippen molar-refractivity contribution >= 4 is 5.97 Å². The monoisotopic (exact) mass is 320 g/mol.